The van der Waals surface area contributed by atoms with Crippen LogP contribution in [0.4, 0.5) is 5.69 Å². The van der Waals surface area contributed by atoms with Crippen molar-refractivity contribution < 1.29 is 19.1 Å². The summed E-state index contributed by atoms with van der Waals surface area (Å²) < 4.78 is 5.12. The third-order valence-electron chi connectivity index (χ3n) is 4.13. The number of ketones is 1. The van der Waals surface area contributed by atoms with Crippen LogP contribution in [0.25, 0.3) is 0 Å². The highest BCUT2D eigenvalue weighted by Gasteiger charge is 2.19. The van der Waals surface area contributed by atoms with E-state index in [4.69, 9.17) is 16.3 Å². The zero-order valence-electron chi connectivity index (χ0n) is 15.5. The van der Waals surface area contributed by atoms with E-state index in [0.717, 1.165) is 11.1 Å². The second-order valence-corrected chi connectivity index (χ2v) is 6.73. The number of rotatable bonds is 7. The van der Waals surface area contributed by atoms with Crippen molar-refractivity contribution in [2.45, 2.75) is 39.7 Å². The van der Waals surface area contributed by atoms with E-state index >= 15 is 0 Å². The van der Waals surface area contributed by atoms with Crippen molar-refractivity contribution in [2.75, 3.05) is 5.32 Å². The number of hydrogen-bond acceptors (Lipinski definition) is 4. The molecule has 1 N–H and O–H groups in total. The number of hydrogen-bond donors (Lipinski definition) is 1. The minimum atomic E-state index is -0.981. The quantitative estimate of drug-likeness (QED) is 0.561. The van der Waals surface area contributed by atoms with Gasteiger partial charge >= 0.3 is 5.97 Å². The Morgan fingerprint density at radius 1 is 1.04 bits per heavy atom. The highest BCUT2D eigenvalue weighted by molar-refractivity contribution is 6.31. The Morgan fingerprint density at radius 2 is 1.70 bits per heavy atom. The van der Waals surface area contributed by atoms with Crippen molar-refractivity contribution in [1.29, 1.82) is 0 Å². The van der Waals surface area contributed by atoms with E-state index in [2.05, 4.69) is 5.32 Å². The molecule has 0 aliphatic rings. The van der Waals surface area contributed by atoms with Gasteiger partial charge in [-0.15, -0.1) is 0 Å². The monoisotopic (exact) mass is 387 g/mol. The second-order valence-electron chi connectivity index (χ2n) is 6.32. The van der Waals surface area contributed by atoms with Gasteiger partial charge in [0, 0.05) is 22.7 Å². The van der Waals surface area contributed by atoms with Crippen LogP contribution in [0, 0.1) is 13.8 Å². The molecule has 0 aliphatic heterocycles. The average Bonchev–Trinajstić information content (AvgIpc) is 2.64. The molecule has 5 nitrogen and oxygen atoms in total. The molecule has 0 unspecified atom stereocenters. The van der Waals surface area contributed by atoms with Gasteiger partial charge in [-0.3, -0.25) is 14.4 Å². The Balaban J connectivity index is 1.83. The van der Waals surface area contributed by atoms with Gasteiger partial charge in [0.15, 0.2) is 11.9 Å². The topological polar surface area (TPSA) is 72.5 Å². The van der Waals surface area contributed by atoms with Crippen LogP contribution in [-0.4, -0.2) is 23.8 Å². The molecule has 0 radical (unpaired) electrons. The van der Waals surface area contributed by atoms with Crippen LogP contribution >= 0.6 is 11.6 Å². The summed E-state index contributed by atoms with van der Waals surface area (Å²) in [6.45, 7) is 5.20. The smallest absolute Gasteiger partial charge is 0.307 e. The third-order valence-corrected chi connectivity index (χ3v) is 4.54. The Morgan fingerprint density at radius 3 is 2.37 bits per heavy atom. The van der Waals surface area contributed by atoms with Crippen molar-refractivity contribution >= 4 is 34.9 Å². The van der Waals surface area contributed by atoms with Gasteiger partial charge in [0.1, 0.15) is 0 Å². The number of anilines is 1. The molecular weight excluding hydrogens is 366 g/mol. The molecule has 0 spiro atoms. The fourth-order valence-electron chi connectivity index (χ4n) is 2.39. The molecule has 0 fully saturated rings. The molecule has 2 aromatic carbocycles. The molecule has 27 heavy (non-hydrogen) atoms. The fraction of sp³-hybridized carbons (Fsp3) is 0.286. The number of halogens is 1. The minimum absolute atomic E-state index is 0.0314. The summed E-state index contributed by atoms with van der Waals surface area (Å²) in [5, 5.41) is 3.22. The van der Waals surface area contributed by atoms with E-state index in [-0.39, 0.29) is 18.6 Å². The van der Waals surface area contributed by atoms with Crippen LogP contribution in [0.2, 0.25) is 5.02 Å². The van der Waals surface area contributed by atoms with Crippen LogP contribution in [0.3, 0.4) is 0 Å². The molecule has 0 saturated carbocycles. The minimum Gasteiger partial charge on any atom is -0.453 e. The van der Waals surface area contributed by atoms with Crippen molar-refractivity contribution in [3.8, 4) is 0 Å². The highest BCUT2D eigenvalue weighted by Crippen LogP contribution is 2.23. The Bertz CT molecular complexity index is 846. The number of ether oxygens (including phenoxy) is 1. The number of carbonyl (C=O) groups is 3. The lowest BCUT2D eigenvalue weighted by Gasteiger charge is -2.15. The number of carbonyl (C=O) groups excluding carboxylic acids is 3. The van der Waals surface area contributed by atoms with Gasteiger partial charge in [-0.2, -0.15) is 0 Å². The van der Waals surface area contributed by atoms with Gasteiger partial charge in [0.25, 0.3) is 5.91 Å². The van der Waals surface area contributed by atoms with Crippen molar-refractivity contribution in [2.24, 2.45) is 0 Å². The molecule has 2 aromatic rings. The lowest BCUT2D eigenvalue weighted by atomic mass is 10.1. The molecule has 6 heteroatoms. The molecule has 0 bridgehead atoms. The summed E-state index contributed by atoms with van der Waals surface area (Å²) in [7, 11) is 0. The predicted molar refractivity (Wildman–Crippen MR) is 105 cm³/mol. The summed E-state index contributed by atoms with van der Waals surface area (Å²) in [6, 6.07) is 12.3. The third kappa shape index (κ3) is 5.93. The van der Waals surface area contributed by atoms with Gasteiger partial charge in [-0.25, -0.2) is 0 Å². The standard InChI is InChI=1S/C21H22ClNO4/c1-13-7-9-16(10-8-13)19(24)11-12-20(25)27-15(3)21(26)23-18-6-4-5-17(22)14(18)2/h4-10,15H,11-12H2,1-3H3,(H,23,26)/t15-/m1/s1. The first-order valence-corrected chi connectivity index (χ1v) is 9.01. The maximum atomic E-state index is 12.2. The molecule has 0 heterocycles. The number of Topliss-reactive ketones (excluding diaryl/α,β-unsaturated/α-hetero) is 1. The summed E-state index contributed by atoms with van der Waals surface area (Å²) in [6.07, 6.45) is -1.03. The summed E-state index contributed by atoms with van der Waals surface area (Å²) in [4.78, 5) is 36.2. The van der Waals surface area contributed by atoms with Crippen molar-refractivity contribution in [3.05, 3.63) is 64.2 Å². The normalized spacial score (nSPS) is 11.6. The maximum absolute atomic E-state index is 12.2. The van der Waals surface area contributed by atoms with E-state index in [1.54, 1.807) is 37.3 Å². The molecule has 0 aliphatic carbocycles. The first kappa shape index (κ1) is 20.6. The molecule has 0 aromatic heterocycles. The number of benzene rings is 2. The van der Waals surface area contributed by atoms with E-state index in [9.17, 15) is 14.4 Å². The van der Waals surface area contributed by atoms with E-state index < -0.39 is 18.0 Å². The first-order valence-electron chi connectivity index (χ1n) is 8.63. The van der Waals surface area contributed by atoms with Crippen LogP contribution in [0.5, 0.6) is 0 Å². The van der Waals surface area contributed by atoms with Gasteiger partial charge in [-0.1, -0.05) is 47.5 Å². The summed E-state index contributed by atoms with van der Waals surface area (Å²) in [5.41, 5.74) is 2.90. The molecule has 1 amide bonds. The second kappa shape index (κ2) is 9.33. The number of nitrogens with one attached hydrogen (secondary N) is 1. The zero-order chi connectivity index (χ0) is 20.0. The molecule has 2 rings (SSSR count). The predicted octanol–water partition coefficient (Wildman–Crippen LogP) is 4.49. The van der Waals surface area contributed by atoms with E-state index in [1.165, 1.54) is 6.92 Å². The van der Waals surface area contributed by atoms with Crippen LogP contribution in [-0.2, 0) is 14.3 Å². The van der Waals surface area contributed by atoms with Crippen LogP contribution in [0.15, 0.2) is 42.5 Å². The van der Waals surface area contributed by atoms with Crippen LogP contribution < -0.4 is 5.32 Å². The lowest BCUT2D eigenvalue weighted by molar-refractivity contribution is -0.153. The Hall–Kier alpha value is -2.66. The molecule has 1 atom stereocenters. The van der Waals surface area contributed by atoms with E-state index in [1.807, 2.05) is 19.1 Å². The van der Waals surface area contributed by atoms with Gasteiger partial charge in [0.2, 0.25) is 0 Å². The van der Waals surface area contributed by atoms with Crippen LogP contribution in [0.1, 0.15) is 41.3 Å². The number of esters is 1. The van der Waals surface area contributed by atoms with Gasteiger partial charge in [0.05, 0.1) is 6.42 Å². The molecule has 0 saturated heterocycles. The van der Waals surface area contributed by atoms with Crippen molar-refractivity contribution in [3.63, 3.8) is 0 Å². The number of aryl methyl sites for hydroxylation is 1. The SMILES string of the molecule is Cc1ccc(C(=O)CCC(=O)O[C@H](C)C(=O)Nc2cccc(Cl)c2C)cc1. The average molecular weight is 388 g/mol. The fourth-order valence-corrected chi connectivity index (χ4v) is 2.56. The van der Waals surface area contributed by atoms with Crippen molar-refractivity contribution in [1.82, 2.24) is 0 Å². The number of amides is 1. The Labute approximate surface area is 163 Å². The lowest BCUT2D eigenvalue weighted by Crippen LogP contribution is -2.30. The highest BCUT2D eigenvalue weighted by atomic mass is 35.5. The summed E-state index contributed by atoms with van der Waals surface area (Å²) in [5.74, 6) is -1.20. The molecule has 142 valence electrons. The maximum Gasteiger partial charge on any atom is 0.307 e. The van der Waals surface area contributed by atoms with E-state index in [0.29, 0.717) is 16.3 Å². The Kier molecular flexibility index (Phi) is 7.13. The van der Waals surface area contributed by atoms with Gasteiger partial charge in [-0.05, 0) is 38.5 Å². The zero-order valence-corrected chi connectivity index (χ0v) is 16.3. The van der Waals surface area contributed by atoms with Gasteiger partial charge < -0.3 is 10.1 Å². The molecular formula is C21H22ClNO4. The summed E-state index contributed by atoms with van der Waals surface area (Å²) >= 11 is 6.02. The first-order chi connectivity index (χ1) is 12.8. The largest absolute Gasteiger partial charge is 0.453 e.